The predicted octanol–water partition coefficient (Wildman–Crippen LogP) is 0.502. The van der Waals surface area contributed by atoms with Crippen LogP contribution >= 0.6 is 0 Å². The number of likely N-dealkylation sites (tertiary alicyclic amines) is 1. The fraction of sp³-hybridized carbons (Fsp3) is 0.917. The molecule has 0 bridgehead atoms. The van der Waals surface area contributed by atoms with Crippen LogP contribution in [-0.2, 0) is 4.79 Å². The van der Waals surface area contributed by atoms with Crippen molar-refractivity contribution in [1.29, 1.82) is 0 Å². The second-order valence-corrected chi connectivity index (χ2v) is 5.39. The van der Waals surface area contributed by atoms with E-state index in [0.717, 1.165) is 25.9 Å². The molecule has 2 N–H and O–H groups in total. The third-order valence-electron chi connectivity index (χ3n) is 3.38. The minimum absolute atomic E-state index is 0.174. The highest BCUT2D eigenvalue weighted by Crippen LogP contribution is 2.21. The first-order chi connectivity index (χ1) is 7.57. The van der Waals surface area contributed by atoms with E-state index in [1.165, 1.54) is 12.8 Å². The number of carbonyl (C=O) groups is 1. The molecule has 1 atom stereocenters. The summed E-state index contributed by atoms with van der Waals surface area (Å²) in [5.74, 6) is 0.174. The largest absolute Gasteiger partial charge is 0.388 e. The molecule has 92 valence electrons. The maximum atomic E-state index is 11.9. The summed E-state index contributed by atoms with van der Waals surface area (Å²) in [5.41, 5.74) is -0.683. The minimum Gasteiger partial charge on any atom is -0.388 e. The monoisotopic (exact) mass is 226 g/mol. The van der Waals surface area contributed by atoms with Gasteiger partial charge in [0, 0.05) is 32.1 Å². The summed E-state index contributed by atoms with van der Waals surface area (Å²) >= 11 is 0. The molecule has 0 aromatic rings. The molecule has 0 radical (unpaired) electrons. The van der Waals surface area contributed by atoms with Crippen LogP contribution in [0.15, 0.2) is 0 Å². The van der Waals surface area contributed by atoms with Crippen molar-refractivity contribution in [3.63, 3.8) is 0 Å². The molecule has 0 spiro atoms. The second kappa shape index (κ2) is 4.72. The van der Waals surface area contributed by atoms with Crippen molar-refractivity contribution in [2.75, 3.05) is 19.6 Å². The standard InChI is InChI=1S/C12H22N2O2/c1-12(16)6-2-8-14(9-12)11(15)5-7-13-10-3-4-10/h10,13,16H,2-9H2,1H3. The van der Waals surface area contributed by atoms with Gasteiger partial charge >= 0.3 is 0 Å². The summed E-state index contributed by atoms with van der Waals surface area (Å²) in [6, 6.07) is 0.664. The van der Waals surface area contributed by atoms with Gasteiger partial charge in [-0.1, -0.05) is 0 Å². The second-order valence-electron chi connectivity index (χ2n) is 5.39. The zero-order chi connectivity index (χ0) is 11.6. The van der Waals surface area contributed by atoms with E-state index in [-0.39, 0.29) is 5.91 Å². The number of hydrogen-bond donors (Lipinski definition) is 2. The molecule has 1 unspecified atom stereocenters. The molecule has 16 heavy (non-hydrogen) atoms. The summed E-state index contributed by atoms with van der Waals surface area (Å²) in [7, 11) is 0. The predicted molar refractivity (Wildman–Crippen MR) is 62.1 cm³/mol. The normalized spacial score (nSPS) is 30.5. The van der Waals surface area contributed by atoms with Gasteiger partial charge in [0.25, 0.3) is 0 Å². The first-order valence-corrected chi connectivity index (χ1v) is 6.30. The number of amides is 1. The third-order valence-corrected chi connectivity index (χ3v) is 3.38. The van der Waals surface area contributed by atoms with E-state index in [4.69, 9.17) is 0 Å². The van der Waals surface area contributed by atoms with Crippen LogP contribution in [0.5, 0.6) is 0 Å². The number of piperidine rings is 1. The van der Waals surface area contributed by atoms with E-state index in [1.807, 2.05) is 6.92 Å². The van der Waals surface area contributed by atoms with Crippen LogP contribution in [0.2, 0.25) is 0 Å². The molecule has 0 aromatic carbocycles. The van der Waals surface area contributed by atoms with Gasteiger partial charge in [-0.3, -0.25) is 4.79 Å². The maximum Gasteiger partial charge on any atom is 0.223 e. The highest BCUT2D eigenvalue weighted by molar-refractivity contribution is 5.76. The van der Waals surface area contributed by atoms with Gasteiger partial charge < -0.3 is 15.3 Å². The van der Waals surface area contributed by atoms with E-state index >= 15 is 0 Å². The minimum atomic E-state index is -0.683. The lowest BCUT2D eigenvalue weighted by Crippen LogP contribution is -2.49. The zero-order valence-electron chi connectivity index (χ0n) is 10.0. The van der Waals surface area contributed by atoms with Gasteiger partial charge in [-0.25, -0.2) is 0 Å². The van der Waals surface area contributed by atoms with E-state index in [0.29, 0.717) is 19.0 Å². The van der Waals surface area contributed by atoms with Crippen LogP contribution in [0.3, 0.4) is 0 Å². The maximum absolute atomic E-state index is 11.9. The highest BCUT2D eigenvalue weighted by Gasteiger charge is 2.30. The number of rotatable bonds is 4. The van der Waals surface area contributed by atoms with Crippen LogP contribution in [0.1, 0.15) is 39.0 Å². The van der Waals surface area contributed by atoms with Gasteiger partial charge in [-0.15, -0.1) is 0 Å². The molecule has 1 heterocycles. The molecule has 1 amide bonds. The number of carbonyl (C=O) groups excluding carboxylic acids is 1. The van der Waals surface area contributed by atoms with Crippen molar-refractivity contribution in [1.82, 2.24) is 10.2 Å². The van der Waals surface area contributed by atoms with Crippen LogP contribution in [-0.4, -0.2) is 47.2 Å². The van der Waals surface area contributed by atoms with Crippen molar-refractivity contribution in [2.24, 2.45) is 0 Å². The zero-order valence-corrected chi connectivity index (χ0v) is 10.0. The first-order valence-electron chi connectivity index (χ1n) is 6.30. The quantitative estimate of drug-likeness (QED) is 0.734. The van der Waals surface area contributed by atoms with Crippen molar-refractivity contribution in [3.8, 4) is 0 Å². The molecule has 2 rings (SSSR count). The Hall–Kier alpha value is -0.610. The van der Waals surface area contributed by atoms with Gasteiger partial charge in [-0.2, -0.15) is 0 Å². The molecule has 2 aliphatic rings. The Morgan fingerprint density at radius 3 is 2.94 bits per heavy atom. The van der Waals surface area contributed by atoms with E-state index in [2.05, 4.69) is 5.32 Å². The van der Waals surface area contributed by atoms with Gasteiger partial charge in [0.2, 0.25) is 5.91 Å². The average molecular weight is 226 g/mol. The lowest BCUT2D eigenvalue weighted by Gasteiger charge is -2.36. The van der Waals surface area contributed by atoms with Crippen molar-refractivity contribution < 1.29 is 9.90 Å². The number of nitrogens with one attached hydrogen (secondary N) is 1. The van der Waals surface area contributed by atoms with E-state index in [9.17, 15) is 9.90 Å². The number of nitrogens with zero attached hydrogens (tertiary/aromatic N) is 1. The number of hydrogen-bond acceptors (Lipinski definition) is 3. The summed E-state index contributed by atoms with van der Waals surface area (Å²) in [6.07, 6.45) is 4.79. The molecule has 1 saturated carbocycles. The molecular weight excluding hydrogens is 204 g/mol. The topological polar surface area (TPSA) is 52.6 Å². The Kier molecular flexibility index (Phi) is 3.50. The van der Waals surface area contributed by atoms with Crippen LogP contribution in [0, 0.1) is 0 Å². The lowest BCUT2D eigenvalue weighted by molar-refractivity contribution is -0.137. The Morgan fingerprint density at radius 2 is 2.31 bits per heavy atom. The fourth-order valence-corrected chi connectivity index (χ4v) is 2.26. The summed E-state index contributed by atoms with van der Waals surface area (Å²) in [4.78, 5) is 13.7. The first kappa shape index (κ1) is 11.9. The summed E-state index contributed by atoms with van der Waals surface area (Å²) < 4.78 is 0. The van der Waals surface area contributed by atoms with E-state index < -0.39 is 5.60 Å². The Balaban J connectivity index is 1.70. The molecule has 1 aliphatic carbocycles. The summed E-state index contributed by atoms with van der Waals surface area (Å²) in [6.45, 7) is 3.89. The van der Waals surface area contributed by atoms with Crippen LogP contribution in [0.25, 0.3) is 0 Å². The van der Waals surface area contributed by atoms with Crippen LogP contribution in [0.4, 0.5) is 0 Å². The van der Waals surface area contributed by atoms with Gasteiger partial charge in [0.1, 0.15) is 0 Å². The number of β-amino-alcohol motifs (C(OH)–C–C–N with tert-alkyl or cyclic N) is 1. The molecule has 2 fully saturated rings. The van der Waals surface area contributed by atoms with Gasteiger partial charge in [-0.05, 0) is 32.6 Å². The molecule has 1 saturated heterocycles. The third kappa shape index (κ3) is 3.46. The SMILES string of the molecule is CC1(O)CCCN(C(=O)CCNC2CC2)C1. The smallest absolute Gasteiger partial charge is 0.223 e. The molecule has 0 aromatic heterocycles. The highest BCUT2D eigenvalue weighted by atomic mass is 16.3. The molecule has 1 aliphatic heterocycles. The fourth-order valence-electron chi connectivity index (χ4n) is 2.26. The van der Waals surface area contributed by atoms with Gasteiger partial charge in [0.15, 0.2) is 0 Å². The van der Waals surface area contributed by atoms with Crippen molar-refractivity contribution in [2.45, 2.75) is 50.7 Å². The van der Waals surface area contributed by atoms with E-state index in [1.54, 1.807) is 4.90 Å². The molecular formula is C12H22N2O2. The lowest BCUT2D eigenvalue weighted by atomic mass is 9.95. The Bertz CT molecular complexity index is 262. The number of aliphatic hydroxyl groups is 1. The van der Waals surface area contributed by atoms with Crippen molar-refractivity contribution in [3.05, 3.63) is 0 Å². The molecule has 4 heteroatoms. The average Bonchev–Trinajstić information content (AvgIpc) is 3.00. The van der Waals surface area contributed by atoms with Gasteiger partial charge in [0.05, 0.1) is 5.60 Å². The molecule has 4 nitrogen and oxygen atoms in total. The Labute approximate surface area is 97.0 Å². The Morgan fingerprint density at radius 1 is 1.56 bits per heavy atom. The van der Waals surface area contributed by atoms with Crippen LogP contribution < -0.4 is 5.32 Å². The van der Waals surface area contributed by atoms with Crippen molar-refractivity contribution >= 4 is 5.91 Å². The summed E-state index contributed by atoms with van der Waals surface area (Å²) in [5, 5.41) is 13.2.